The maximum absolute atomic E-state index is 13.6. The average molecular weight is 379 g/mol. The molecule has 0 aromatic heterocycles. The number of methoxy groups -OCH3 is 1. The zero-order valence-corrected chi connectivity index (χ0v) is 14.8. The van der Waals surface area contributed by atoms with Crippen molar-refractivity contribution in [3.05, 3.63) is 59.7 Å². The number of ether oxygens (including phenoxy) is 2. The van der Waals surface area contributed by atoms with Gasteiger partial charge in [0.15, 0.2) is 18.2 Å². The molecule has 1 unspecified atom stereocenters. The van der Waals surface area contributed by atoms with Crippen LogP contribution in [0.1, 0.15) is 18.9 Å². The van der Waals surface area contributed by atoms with Gasteiger partial charge in [0.25, 0.3) is 5.91 Å². The normalized spacial score (nSPS) is 12.7. The maximum Gasteiger partial charge on any atom is 0.306 e. The third-order valence-corrected chi connectivity index (χ3v) is 3.88. The van der Waals surface area contributed by atoms with E-state index in [2.05, 4.69) is 5.32 Å². The third kappa shape index (κ3) is 5.40. The molecule has 0 fully saturated rings. The van der Waals surface area contributed by atoms with Gasteiger partial charge < -0.3 is 19.9 Å². The standard InChI is InChI=1S/C19H19F2NO5/c1-19(10-18(24)25,12-4-3-5-14(8-12)26-2)22-17(23)11-27-16-7-6-13(20)9-15(16)21/h3-9H,10-11H2,1-2H3,(H,22,23)(H,24,25). The SMILES string of the molecule is COc1cccc(C(C)(CC(=O)O)NC(=O)COc2ccc(F)cc2F)c1. The summed E-state index contributed by atoms with van der Waals surface area (Å²) in [5.41, 5.74) is -0.729. The van der Waals surface area contributed by atoms with Crippen molar-refractivity contribution in [2.24, 2.45) is 0 Å². The van der Waals surface area contributed by atoms with E-state index in [4.69, 9.17) is 9.47 Å². The molecule has 6 nitrogen and oxygen atoms in total. The maximum atomic E-state index is 13.6. The summed E-state index contributed by atoms with van der Waals surface area (Å²) in [5, 5.41) is 11.8. The number of aliphatic carboxylic acids is 1. The van der Waals surface area contributed by atoms with Crippen LogP contribution in [-0.2, 0) is 15.1 Å². The number of hydrogen-bond acceptors (Lipinski definition) is 4. The quantitative estimate of drug-likeness (QED) is 0.737. The van der Waals surface area contributed by atoms with E-state index < -0.39 is 42.1 Å². The number of benzene rings is 2. The lowest BCUT2D eigenvalue weighted by Crippen LogP contribution is -2.46. The Morgan fingerprint density at radius 3 is 2.56 bits per heavy atom. The minimum Gasteiger partial charge on any atom is -0.497 e. The Morgan fingerprint density at radius 2 is 1.93 bits per heavy atom. The molecule has 0 aliphatic carbocycles. The first-order valence-electron chi connectivity index (χ1n) is 7.99. The van der Waals surface area contributed by atoms with Crippen LogP contribution in [0, 0.1) is 11.6 Å². The minimum atomic E-state index is -1.25. The van der Waals surface area contributed by atoms with Crippen LogP contribution in [0.5, 0.6) is 11.5 Å². The van der Waals surface area contributed by atoms with Gasteiger partial charge in [-0.15, -0.1) is 0 Å². The number of nitrogens with one attached hydrogen (secondary N) is 1. The van der Waals surface area contributed by atoms with Crippen molar-refractivity contribution in [3.8, 4) is 11.5 Å². The first-order chi connectivity index (χ1) is 12.7. The van der Waals surface area contributed by atoms with Gasteiger partial charge in [-0.05, 0) is 36.8 Å². The largest absolute Gasteiger partial charge is 0.497 e. The van der Waals surface area contributed by atoms with Crippen LogP contribution in [0.25, 0.3) is 0 Å². The molecule has 0 bridgehead atoms. The van der Waals surface area contributed by atoms with Crippen molar-refractivity contribution in [1.82, 2.24) is 5.32 Å². The van der Waals surface area contributed by atoms with Crippen LogP contribution in [0.2, 0.25) is 0 Å². The smallest absolute Gasteiger partial charge is 0.306 e. The van der Waals surface area contributed by atoms with Crippen LogP contribution >= 0.6 is 0 Å². The van der Waals surface area contributed by atoms with E-state index in [1.54, 1.807) is 31.2 Å². The Hall–Kier alpha value is -3.16. The van der Waals surface area contributed by atoms with Crippen molar-refractivity contribution in [1.29, 1.82) is 0 Å². The molecule has 0 heterocycles. The molecule has 0 spiro atoms. The summed E-state index contributed by atoms with van der Waals surface area (Å²) >= 11 is 0. The summed E-state index contributed by atoms with van der Waals surface area (Å²) in [7, 11) is 1.47. The van der Waals surface area contributed by atoms with Crippen LogP contribution in [0.15, 0.2) is 42.5 Å². The third-order valence-electron chi connectivity index (χ3n) is 3.88. The number of halogens is 2. The zero-order valence-electron chi connectivity index (χ0n) is 14.8. The first kappa shape index (κ1) is 20.2. The number of carboxylic acid groups (broad SMARTS) is 1. The molecule has 2 N–H and O–H groups in total. The van der Waals surface area contributed by atoms with E-state index in [1.807, 2.05) is 0 Å². The second-order valence-corrected chi connectivity index (χ2v) is 6.05. The highest BCUT2D eigenvalue weighted by atomic mass is 19.1. The Balaban J connectivity index is 2.14. The summed E-state index contributed by atoms with van der Waals surface area (Å²) < 4.78 is 36.7. The van der Waals surface area contributed by atoms with Crippen molar-refractivity contribution >= 4 is 11.9 Å². The Bertz CT molecular complexity index is 843. The Kier molecular flexibility index (Phi) is 6.33. The summed E-state index contributed by atoms with van der Waals surface area (Å²) in [6, 6.07) is 9.34. The molecule has 0 aliphatic rings. The van der Waals surface area contributed by atoms with Gasteiger partial charge in [-0.2, -0.15) is 0 Å². The molecule has 8 heteroatoms. The van der Waals surface area contributed by atoms with Crippen LogP contribution in [-0.4, -0.2) is 30.7 Å². The molecular weight excluding hydrogens is 360 g/mol. The predicted octanol–water partition coefficient (Wildman–Crippen LogP) is 2.86. The molecule has 2 aromatic rings. The molecule has 2 aromatic carbocycles. The molecule has 0 aliphatic heterocycles. The highest BCUT2D eigenvalue weighted by molar-refractivity contribution is 5.80. The van der Waals surface area contributed by atoms with E-state index in [-0.39, 0.29) is 5.75 Å². The van der Waals surface area contributed by atoms with E-state index in [0.717, 1.165) is 12.1 Å². The fourth-order valence-corrected chi connectivity index (χ4v) is 2.57. The van der Waals surface area contributed by atoms with Gasteiger partial charge in [0.1, 0.15) is 11.6 Å². The number of amides is 1. The molecule has 0 radical (unpaired) electrons. The minimum absolute atomic E-state index is 0.284. The summed E-state index contributed by atoms with van der Waals surface area (Å²) in [6.45, 7) is 0.980. The lowest BCUT2D eigenvalue weighted by molar-refractivity contribution is -0.139. The van der Waals surface area contributed by atoms with Crippen LogP contribution in [0.3, 0.4) is 0 Å². The number of carboxylic acids is 1. The number of rotatable bonds is 8. The van der Waals surface area contributed by atoms with E-state index >= 15 is 0 Å². The van der Waals surface area contributed by atoms with Gasteiger partial charge >= 0.3 is 5.97 Å². The monoisotopic (exact) mass is 379 g/mol. The highest BCUT2D eigenvalue weighted by Crippen LogP contribution is 2.28. The van der Waals surface area contributed by atoms with Crippen molar-refractivity contribution in [3.63, 3.8) is 0 Å². The number of hydrogen-bond donors (Lipinski definition) is 2. The van der Waals surface area contributed by atoms with E-state index in [9.17, 15) is 23.5 Å². The molecule has 1 amide bonds. The van der Waals surface area contributed by atoms with Crippen molar-refractivity contribution in [2.75, 3.05) is 13.7 Å². The second-order valence-electron chi connectivity index (χ2n) is 6.05. The zero-order chi connectivity index (χ0) is 20.0. The average Bonchev–Trinajstić information content (AvgIpc) is 2.60. The van der Waals surface area contributed by atoms with Crippen LogP contribution < -0.4 is 14.8 Å². The second kappa shape index (κ2) is 8.48. The van der Waals surface area contributed by atoms with Crippen molar-refractivity contribution in [2.45, 2.75) is 18.9 Å². The van der Waals surface area contributed by atoms with Crippen LogP contribution in [0.4, 0.5) is 8.78 Å². The summed E-state index contributed by atoms with van der Waals surface area (Å²) in [5.74, 6) is -3.27. The van der Waals surface area contributed by atoms with E-state index in [0.29, 0.717) is 17.4 Å². The fourth-order valence-electron chi connectivity index (χ4n) is 2.57. The molecule has 2 rings (SSSR count). The molecule has 0 saturated heterocycles. The van der Waals surface area contributed by atoms with Gasteiger partial charge in [0.05, 0.1) is 19.1 Å². The van der Waals surface area contributed by atoms with Gasteiger partial charge in [-0.3, -0.25) is 9.59 Å². The van der Waals surface area contributed by atoms with Gasteiger partial charge in [-0.25, -0.2) is 8.78 Å². The van der Waals surface area contributed by atoms with Gasteiger partial charge in [0, 0.05) is 6.07 Å². The molecule has 27 heavy (non-hydrogen) atoms. The summed E-state index contributed by atoms with van der Waals surface area (Å²) in [4.78, 5) is 23.5. The molecular formula is C19H19F2NO5. The molecule has 0 saturated carbocycles. The predicted molar refractivity (Wildman–Crippen MR) is 92.6 cm³/mol. The van der Waals surface area contributed by atoms with Gasteiger partial charge in [0.2, 0.25) is 0 Å². The lowest BCUT2D eigenvalue weighted by atomic mass is 9.88. The Morgan fingerprint density at radius 1 is 1.19 bits per heavy atom. The van der Waals surface area contributed by atoms with Crippen molar-refractivity contribution < 1.29 is 33.0 Å². The Labute approximate surface area is 154 Å². The highest BCUT2D eigenvalue weighted by Gasteiger charge is 2.32. The lowest BCUT2D eigenvalue weighted by Gasteiger charge is -2.30. The molecule has 144 valence electrons. The topological polar surface area (TPSA) is 84.9 Å². The van der Waals surface area contributed by atoms with Gasteiger partial charge in [-0.1, -0.05) is 12.1 Å². The summed E-state index contributed by atoms with van der Waals surface area (Å²) in [6.07, 6.45) is -0.392. The number of carbonyl (C=O) groups excluding carboxylic acids is 1. The molecule has 1 atom stereocenters. The fraction of sp³-hybridized carbons (Fsp3) is 0.263. The number of carbonyl (C=O) groups is 2. The van der Waals surface area contributed by atoms with E-state index in [1.165, 1.54) is 7.11 Å². The first-order valence-corrected chi connectivity index (χ1v) is 7.99.